The van der Waals surface area contributed by atoms with Gasteiger partial charge in [-0.25, -0.2) is 0 Å². The van der Waals surface area contributed by atoms with Crippen LogP contribution in [-0.4, -0.2) is 0 Å². The lowest BCUT2D eigenvalue weighted by molar-refractivity contribution is 1.34. The lowest BCUT2D eigenvalue weighted by Gasteiger charge is -1.96. The fourth-order valence-electron chi connectivity index (χ4n) is 0.896. The molecule has 0 aromatic carbocycles. The molecule has 0 unspecified atom stereocenters. The Balaban J connectivity index is 2.78. The SMILES string of the molecule is C=C(C)C1=CCC=CC=C1. The van der Waals surface area contributed by atoms with E-state index in [0.29, 0.717) is 0 Å². The summed E-state index contributed by atoms with van der Waals surface area (Å²) in [7, 11) is 0. The van der Waals surface area contributed by atoms with Gasteiger partial charge in [-0.3, -0.25) is 0 Å². The lowest BCUT2D eigenvalue weighted by Crippen LogP contribution is -1.76. The molecule has 0 bridgehead atoms. The van der Waals surface area contributed by atoms with Gasteiger partial charge in [0.2, 0.25) is 0 Å². The first kappa shape index (κ1) is 7.07. The summed E-state index contributed by atoms with van der Waals surface area (Å²) in [5.74, 6) is 0. The van der Waals surface area contributed by atoms with Gasteiger partial charge in [0.15, 0.2) is 0 Å². The molecular formula is C10H12. The average Bonchev–Trinajstić information content (AvgIpc) is 2.12. The summed E-state index contributed by atoms with van der Waals surface area (Å²) in [5.41, 5.74) is 2.39. The topological polar surface area (TPSA) is 0 Å². The van der Waals surface area contributed by atoms with Crippen molar-refractivity contribution in [1.29, 1.82) is 0 Å². The van der Waals surface area contributed by atoms with Crippen molar-refractivity contribution in [3.63, 3.8) is 0 Å². The van der Waals surface area contributed by atoms with Gasteiger partial charge in [-0.05, 0) is 18.9 Å². The van der Waals surface area contributed by atoms with Crippen molar-refractivity contribution in [2.75, 3.05) is 0 Å². The molecule has 0 N–H and O–H groups in total. The van der Waals surface area contributed by atoms with Crippen molar-refractivity contribution >= 4 is 0 Å². The second-order valence-electron chi connectivity index (χ2n) is 2.46. The molecule has 52 valence electrons. The van der Waals surface area contributed by atoms with E-state index in [1.54, 1.807) is 0 Å². The Labute approximate surface area is 62.3 Å². The second kappa shape index (κ2) is 3.21. The van der Waals surface area contributed by atoms with Crippen LogP contribution < -0.4 is 0 Å². The molecule has 1 rings (SSSR count). The number of hydrogen-bond acceptors (Lipinski definition) is 0. The van der Waals surface area contributed by atoms with E-state index in [9.17, 15) is 0 Å². The van der Waals surface area contributed by atoms with Crippen molar-refractivity contribution in [2.45, 2.75) is 13.3 Å². The van der Waals surface area contributed by atoms with Crippen molar-refractivity contribution in [3.05, 3.63) is 48.1 Å². The van der Waals surface area contributed by atoms with E-state index in [2.05, 4.69) is 30.9 Å². The maximum Gasteiger partial charge on any atom is -0.0157 e. The van der Waals surface area contributed by atoms with Gasteiger partial charge in [0, 0.05) is 0 Å². The first-order valence-electron chi connectivity index (χ1n) is 3.50. The number of allylic oxidation sites excluding steroid dienone is 7. The highest BCUT2D eigenvalue weighted by Gasteiger charge is 1.91. The van der Waals surface area contributed by atoms with Gasteiger partial charge < -0.3 is 0 Å². The molecule has 0 spiro atoms. The zero-order chi connectivity index (χ0) is 7.40. The summed E-state index contributed by atoms with van der Waals surface area (Å²) in [4.78, 5) is 0. The molecule has 0 saturated heterocycles. The van der Waals surface area contributed by atoms with E-state index < -0.39 is 0 Å². The molecule has 0 aromatic heterocycles. The zero-order valence-electron chi connectivity index (χ0n) is 6.30. The average molecular weight is 132 g/mol. The molecule has 0 fully saturated rings. The van der Waals surface area contributed by atoms with Crippen molar-refractivity contribution in [2.24, 2.45) is 0 Å². The zero-order valence-corrected chi connectivity index (χ0v) is 6.30. The van der Waals surface area contributed by atoms with E-state index in [1.165, 1.54) is 5.57 Å². The van der Waals surface area contributed by atoms with Gasteiger partial charge in [-0.15, -0.1) is 0 Å². The van der Waals surface area contributed by atoms with E-state index >= 15 is 0 Å². The van der Waals surface area contributed by atoms with E-state index in [4.69, 9.17) is 0 Å². The quantitative estimate of drug-likeness (QED) is 0.514. The molecule has 0 amide bonds. The Morgan fingerprint density at radius 1 is 1.50 bits per heavy atom. The first-order valence-corrected chi connectivity index (χ1v) is 3.50. The third kappa shape index (κ3) is 1.73. The Bertz CT molecular complexity index is 214. The monoisotopic (exact) mass is 132 g/mol. The third-order valence-corrected chi connectivity index (χ3v) is 1.49. The smallest absolute Gasteiger partial charge is 0.0157 e. The van der Waals surface area contributed by atoms with Gasteiger partial charge in [0.25, 0.3) is 0 Å². The van der Waals surface area contributed by atoms with Crippen LogP contribution in [0.4, 0.5) is 0 Å². The molecular weight excluding hydrogens is 120 g/mol. The molecule has 0 nitrogen and oxygen atoms in total. The molecule has 0 heterocycles. The van der Waals surface area contributed by atoms with Crippen LogP contribution in [0.5, 0.6) is 0 Å². The summed E-state index contributed by atoms with van der Waals surface area (Å²) in [6, 6.07) is 0. The highest BCUT2D eigenvalue weighted by Crippen LogP contribution is 2.11. The minimum Gasteiger partial charge on any atom is -0.0955 e. The van der Waals surface area contributed by atoms with Gasteiger partial charge in [0.05, 0.1) is 0 Å². The van der Waals surface area contributed by atoms with E-state index in [-0.39, 0.29) is 0 Å². The lowest BCUT2D eigenvalue weighted by atomic mass is 10.1. The van der Waals surface area contributed by atoms with Crippen LogP contribution >= 0.6 is 0 Å². The van der Waals surface area contributed by atoms with Crippen LogP contribution in [-0.2, 0) is 0 Å². The number of rotatable bonds is 1. The molecule has 0 atom stereocenters. The number of hydrogen-bond donors (Lipinski definition) is 0. The Hall–Kier alpha value is -1.04. The minimum atomic E-state index is 1.02. The van der Waals surface area contributed by atoms with Crippen molar-refractivity contribution in [3.8, 4) is 0 Å². The Kier molecular flexibility index (Phi) is 2.27. The predicted molar refractivity (Wildman–Crippen MR) is 45.8 cm³/mol. The molecule has 10 heavy (non-hydrogen) atoms. The summed E-state index contributed by atoms with van der Waals surface area (Å²) in [6.45, 7) is 5.90. The normalized spacial score (nSPS) is 16.3. The van der Waals surface area contributed by atoms with Gasteiger partial charge >= 0.3 is 0 Å². The van der Waals surface area contributed by atoms with Crippen molar-refractivity contribution in [1.82, 2.24) is 0 Å². The van der Waals surface area contributed by atoms with E-state index in [0.717, 1.165) is 12.0 Å². The van der Waals surface area contributed by atoms with Crippen molar-refractivity contribution < 1.29 is 0 Å². The van der Waals surface area contributed by atoms with Crippen LogP contribution in [0.15, 0.2) is 48.1 Å². The highest BCUT2D eigenvalue weighted by atomic mass is 14.0. The summed E-state index contributed by atoms with van der Waals surface area (Å²) < 4.78 is 0. The second-order valence-corrected chi connectivity index (χ2v) is 2.46. The third-order valence-electron chi connectivity index (χ3n) is 1.49. The standard InChI is InChI=1S/C10H12/c1-9(2)10-7-5-3-4-6-8-10/h3-5,7-8H,1,6H2,2H3. The maximum atomic E-state index is 3.87. The molecule has 0 aliphatic heterocycles. The fraction of sp³-hybridized carbons (Fsp3) is 0.200. The van der Waals surface area contributed by atoms with Gasteiger partial charge in [-0.2, -0.15) is 0 Å². The summed E-state index contributed by atoms with van der Waals surface area (Å²) in [5, 5.41) is 0. The molecule has 0 radical (unpaired) electrons. The first-order chi connectivity index (χ1) is 4.80. The maximum absolute atomic E-state index is 3.87. The fourth-order valence-corrected chi connectivity index (χ4v) is 0.896. The largest absolute Gasteiger partial charge is 0.0955 e. The molecule has 1 aliphatic carbocycles. The van der Waals surface area contributed by atoms with Gasteiger partial charge in [-0.1, -0.05) is 42.5 Å². The van der Waals surface area contributed by atoms with Crippen LogP contribution in [0.25, 0.3) is 0 Å². The Morgan fingerprint density at radius 2 is 2.30 bits per heavy atom. The van der Waals surface area contributed by atoms with Crippen LogP contribution in [0.2, 0.25) is 0 Å². The minimum absolute atomic E-state index is 1.02. The predicted octanol–water partition coefficient (Wildman–Crippen LogP) is 3.01. The Morgan fingerprint density at radius 3 is 3.00 bits per heavy atom. The molecule has 0 heteroatoms. The van der Waals surface area contributed by atoms with E-state index in [1.807, 2.05) is 13.0 Å². The van der Waals surface area contributed by atoms with Crippen LogP contribution in [0.3, 0.4) is 0 Å². The highest BCUT2D eigenvalue weighted by molar-refractivity contribution is 5.39. The summed E-state index contributed by atoms with van der Waals surface area (Å²) in [6.07, 6.45) is 11.5. The van der Waals surface area contributed by atoms with Crippen LogP contribution in [0.1, 0.15) is 13.3 Å². The molecule has 0 saturated carbocycles. The van der Waals surface area contributed by atoms with Gasteiger partial charge in [0.1, 0.15) is 0 Å². The summed E-state index contributed by atoms with van der Waals surface area (Å²) >= 11 is 0. The molecule has 1 aliphatic rings. The molecule has 0 aromatic rings. The van der Waals surface area contributed by atoms with Crippen LogP contribution in [0, 0.1) is 0 Å².